The highest BCUT2D eigenvalue weighted by Crippen LogP contribution is 2.49. The summed E-state index contributed by atoms with van der Waals surface area (Å²) in [5.74, 6) is -5.37. The lowest BCUT2D eigenvalue weighted by Gasteiger charge is -2.28. The van der Waals surface area contributed by atoms with Crippen molar-refractivity contribution in [1.29, 1.82) is 0 Å². The molecule has 0 aliphatic carbocycles. The van der Waals surface area contributed by atoms with Crippen LogP contribution in [0.15, 0.2) is 0 Å². The molecule has 0 fully saturated rings. The van der Waals surface area contributed by atoms with Crippen LogP contribution in [0.5, 0.6) is 0 Å². The van der Waals surface area contributed by atoms with Crippen molar-refractivity contribution in [3.05, 3.63) is 0 Å². The molecule has 10 nitrogen and oxygen atoms in total. The van der Waals surface area contributed by atoms with Crippen molar-refractivity contribution >= 4 is 25.2 Å². The molecule has 0 aliphatic rings. The van der Waals surface area contributed by atoms with E-state index in [2.05, 4.69) is 10.6 Å². The third kappa shape index (κ3) is 7.82. The fraction of sp³-hybridized carbons (Fsp3) is 0.800. The van der Waals surface area contributed by atoms with E-state index < -0.39 is 55.2 Å². The first-order valence-corrected chi connectivity index (χ1v) is 10.4. The largest absolute Gasteiger partial charge is 0.481 e. The predicted molar refractivity (Wildman–Crippen MR) is 97.4 cm³/mol. The van der Waals surface area contributed by atoms with Crippen molar-refractivity contribution in [3.8, 4) is 0 Å². The van der Waals surface area contributed by atoms with E-state index >= 15 is 0 Å². The van der Waals surface area contributed by atoms with Gasteiger partial charge < -0.3 is 32.1 Å². The second kappa shape index (κ2) is 11.3. The van der Waals surface area contributed by atoms with Gasteiger partial charge in [0, 0.05) is 0 Å². The highest BCUT2D eigenvalue weighted by molar-refractivity contribution is 7.59. The Balaban J connectivity index is 5.27. The summed E-state index contributed by atoms with van der Waals surface area (Å²) in [6.07, 6.45) is 1.20. The van der Waals surface area contributed by atoms with Crippen LogP contribution in [0.2, 0.25) is 0 Å². The Hall–Kier alpha value is -1.48. The standard InChI is InChI=1S/C15H31N4O6P/c1-4-6-10(17)14(22)18-11(7-5-2)15(23)19-12(8-13(20)21)26(24,25)9(3)16/h9-12H,4-8,16-17H2,1-3H3,(H,18,22)(H,19,23)(H,20,21)(H,24,25)/t9?,10-,11-,12?/m0/s1. The molecule has 0 radical (unpaired) electrons. The number of aliphatic carboxylic acids is 1. The molecule has 5 atom stereocenters. The molecule has 152 valence electrons. The molecule has 0 bridgehead atoms. The first-order valence-electron chi connectivity index (χ1n) is 8.63. The van der Waals surface area contributed by atoms with Crippen LogP contribution in [0, 0.1) is 0 Å². The number of hydrogen-bond acceptors (Lipinski definition) is 6. The van der Waals surface area contributed by atoms with Gasteiger partial charge in [-0.3, -0.25) is 18.9 Å². The third-order valence-electron chi connectivity index (χ3n) is 3.85. The normalized spacial score (nSPS) is 18.1. The Morgan fingerprint density at radius 2 is 1.58 bits per heavy atom. The van der Waals surface area contributed by atoms with Gasteiger partial charge in [0.2, 0.25) is 19.2 Å². The summed E-state index contributed by atoms with van der Waals surface area (Å²) >= 11 is 0. The van der Waals surface area contributed by atoms with Gasteiger partial charge in [-0.1, -0.05) is 26.7 Å². The molecule has 2 amide bonds. The fourth-order valence-electron chi connectivity index (χ4n) is 2.27. The maximum Gasteiger partial charge on any atom is 0.306 e. The molecule has 0 saturated carbocycles. The maximum absolute atomic E-state index is 12.5. The molecule has 0 aromatic rings. The number of nitrogens with two attached hydrogens (primary N) is 2. The summed E-state index contributed by atoms with van der Waals surface area (Å²) in [4.78, 5) is 45.6. The lowest BCUT2D eigenvalue weighted by Crippen LogP contribution is -2.53. The molecule has 0 aromatic heterocycles. The predicted octanol–water partition coefficient (Wildman–Crippen LogP) is -0.109. The molecule has 0 aliphatic heterocycles. The SMILES string of the molecule is CCC[C@H](NC(=O)[C@@H](N)CCC)C(=O)NC(CC(=O)O)P(=O)(O)C(C)N. The minimum absolute atomic E-state index is 0.268. The van der Waals surface area contributed by atoms with E-state index in [0.717, 1.165) is 0 Å². The minimum atomic E-state index is -4.18. The molecule has 26 heavy (non-hydrogen) atoms. The lowest BCUT2D eigenvalue weighted by molar-refractivity contribution is -0.137. The summed E-state index contributed by atoms with van der Waals surface area (Å²) in [6, 6.07) is -1.75. The van der Waals surface area contributed by atoms with Crippen molar-refractivity contribution in [3.63, 3.8) is 0 Å². The van der Waals surface area contributed by atoms with E-state index in [4.69, 9.17) is 16.6 Å². The highest BCUT2D eigenvalue weighted by Gasteiger charge is 2.38. The molecule has 0 spiro atoms. The van der Waals surface area contributed by atoms with Crippen molar-refractivity contribution in [2.45, 2.75) is 76.5 Å². The Morgan fingerprint density at radius 3 is 2.00 bits per heavy atom. The molecular formula is C15H31N4O6P. The van der Waals surface area contributed by atoms with Crippen LogP contribution in [0.3, 0.4) is 0 Å². The summed E-state index contributed by atoms with van der Waals surface area (Å²) in [5.41, 5.74) is 11.2. The van der Waals surface area contributed by atoms with Gasteiger partial charge in [0.1, 0.15) is 11.8 Å². The molecule has 11 heteroatoms. The number of nitrogens with one attached hydrogen (secondary N) is 2. The number of carboxylic acids is 1. The second-order valence-corrected chi connectivity index (χ2v) is 9.06. The van der Waals surface area contributed by atoms with Crippen LogP contribution in [0.1, 0.15) is 52.9 Å². The zero-order valence-corrected chi connectivity index (χ0v) is 16.4. The van der Waals surface area contributed by atoms with Crippen LogP contribution in [0.25, 0.3) is 0 Å². The van der Waals surface area contributed by atoms with Crippen LogP contribution in [-0.2, 0) is 18.9 Å². The molecule has 8 N–H and O–H groups in total. The lowest BCUT2D eigenvalue weighted by atomic mass is 10.1. The second-order valence-electron chi connectivity index (χ2n) is 6.28. The van der Waals surface area contributed by atoms with Crippen LogP contribution in [0.4, 0.5) is 0 Å². The first kappa shape index (κ1) is 24.5. The number of rotatable bonds is 12. The Morgan fingerprint density at radius 1 is 1.04 bits per heavy atom. The van der Waals surface area contributed by atoms with Gasteiger partial charge in [0.05, 0.1) is 18.2 Å². The van der Waals surface area contributed by atoms with Crippen LogP contribution in [-0.4, -0.2) is 51.4 Å². The van der Waals surface area contributed by atoms with E-state index in [1.165, 1.54) is 6.92 Å². The van der Waals surface area contributed by atoms with E-state index in [-0.39, 0.29) is 6.42 Å². The van der Waals surface area contributed by atoms with Gasteiger partial charge in [-0.25, -0.2) is 0 Å². The molecule has 0 heterocycles. The van der Waals surface area contributed by atoms with Crippen molar-refractivity contribution in [1.82, 2.24) is 10.6 Å². The zero-order chi connectivity index (χ0) is 20.5. The Kier molecular flexibility index (Phi) is 10.6. The number of carbonyl (C=O) groups excluding carboxylic acids is 2. The monoisotopic (exact) mass is 394 g/mol. The number of amides is 2. The van der Waals surface area contributed by atoms with Gasteiger partial charge in [-0.05, 0) is 19.8 Å². The Labute approximate surface area is 153 Å². The van der Waals surface area contributed by atoms with Gasteiger partial charge in [0.15, 0.2) is 0 Å². The van der Waals surface area contributed by atoms with Crippen LogP contribution < -0.4 is 22.1 Å². The summed E-state index contributed by atoms with van der Waals surface area (Å²) in [5, 5.41) is 13.7. The average molecular weight is 394 g/mol. The summed E-state index contributed by atoms with van der Waals surface area (Å²) in [6.45, 7) is 4.93. The van der Waals surface area contributed by atoms with E-state index in [0.29, 0.717) is 19.3 Å². The van der Waals surface area contributed by atoms with Crippen molar-refractivity contribution in [2.24, 2.45) is 11.5 Å². The van der Waals surface area contributed by atoms with Gasteiger partial charge in [0.25, 0.3) is 0 Å². The first-order chi connectivity index (χ1) is 12.0. The van der Waals surface area contributed by atoms with Crippen molar-refractivity contribution < 1.29 is 28.9 Å². The number of hydrogen-bond donors (Lipinski definition) is 6. The van der Waals surface area contributed by atoms with E-state index in [1.807, 2.05) is 6.92 Å². The third-order valence-corrected chi connectivity index (χ3v) is 6.23. The number of carboxylic acid groups (broad SMARTS) is 1. The number of carbonyl (C=O) groups is 3. The minimum Gasteiger partial charge on any atom is -0.481 e. The molecule has 3 unspecified atom stereocenters. The zero-order valence-electron chi connectivity index (χ0n) is 15.5. The molecule has 0 saturated heterocycles. The van der Waals surface area contributed by atoms with E-state index in [9.17, 15) is 23.8 Å². The fourth-order valence-corrected chi connectivity index (χ4v) is 3.56. The van der Waals surface area contributed by atoms with E-state index in [1.54, 1.807) is 6.92 Å². The van der Waals surface area contributed by atoms with Gasteiger partial charge in [-0.2, -0.15) is 0 Å². The molecule has 0 rings (SSSR count). The summed E-state index contributed by atoms with van der Waals surface area (Å²) < 4.78 is 12.3. The maximum atomic E-state index is 12.5. The topological polar surface area (TPSA) is 185 Å². The Bertz CT molecular complexity index is 542. The smallest absolute Gasteiger partial charge is 0.306 e. The van der Waals surface area contributed by atoms with Gasteiger partial charge >= 0.3 is 5.97 Å². The van der Waals surface area contributed by atoms with Crippen molar-refractivity contribution in [2.75, 3.05) is 0 Å². The summed E-state index contributed by atoms with van der Waals surface area (Å²) in [7, 11) is -4.18. The molecular weight excluding hydrogens is 363 g/mol. The highest BCUT2D eigenvalue weighted by atomic mass is 31.2. The van der Waals surface area contributed by atoms with Crippen LogP contribution >= 0.6 is 7.37 Å². The average Bonchev–Trinajstić information content (AvgIpc) is 2.53. The quantitative estimate of drug-likeness (QED) is 0.247. The molecule has 0 aromatic carbocycles. The van der Waals surface area contributed by atoms with Gasteiger partial charge in [-0.15, -0.1) is 0 Å².